The number of nitrogens with zero attached hydrogens (tertiary/aromatic N) is 3. The fourth-order valence-corrected chi connectivity index (χ4v) is 3.22. The molecule has 0 saturated carbocycles. The van der Waals surface area contributed by atoms with E-state index in [4.69, 9.17) is 14.2 Å². The normalized spacial score (nSPS) is 13.6. The number of pyridine rings is 1. The van der Waals surface area contributed by atoms with Gasteiger partial charge in [0.15, 0.2) is 0 Å². The van der Waals surface area contributed by atoms with Crippen LogP contribution in [0.3, 0.4) is 0 Å². The van der Waals surface area contributed by atoms with Crippen LogP contribution in [0.15, 0.2) is 36.5 Å². The first-order valence-electron chi connectivity index (χ1n) is 10.1. The van der Waals surface area contributed by atoms with Crippen LogP contribution in [0.4, 0.5) is 10.5 Å². The molecule has 1 saturated heterocycles. The van der Waals surface area contributed by atoms with Gasteiger partial charge in [0.2, 0.25) is 5.88 Å². The quantitative estimate of drug-likeness (QED) is 0.681. The van der Waals surface area contributed by atoms with Gasteiger partial charge in [-0.3, -0.25) is 4.79 Å². The lowest BCUT2D eigenvalue weighted by molar-refractivity contribution is 0.0671. The third kappa shape index (κ3) is 5.85. The SMILES string of the molecule is COCCOc1ccc(NC(=O)N2CCN(C(=O)c3ccc(C)c(OC)c3)CC2)cn1. The molecule has 166 valence electrons. The summed E-state index contributed by atoms with van der Waals surface area (Å²) in [7, 11) is 3.19. The van der Waals surface area contributed by atoms with Gasteiger partial charge in [-0.05, 0) is 30.7 Å². The van der Waals surface area contributed by atoms with E-state index in [2.05, 4.69) is 10.3 Å². The Hall–Kier alpha value is -3.33. The van der Waals surface area contributed by atoms with E-state index in [-0.39, 0.29) is 11.9 Å². The molecule has 1 aliphatic rings. The van der Waals surface area contributed by atoms with Crippen LogP contribution in [0.2, 0.25) is 0 Å². The third-order valence-corrected chi connectivity index (χ3v) is 5.03. The molecule has 9 nitrogen and oxygen atoms in total. The van der Waals surface area contributed by atoms with E-state index in [1.807, 2.05) is 13.0 Å². The Bertz CT molecular complexity index is 895. The van der Waals surface area contributed by atoms with Gasteiger partial charge in [-0.15, -0.1) is 0 Å². The van der Waals surface area contributed by atoms with Crippen molar-refractivity contribution in [2.24, 2.45) is 0 Å². The second-order valence-electron chi connectivity index (χ2n) is 7.12. The maximum absolute atomic E-state index is 12.8. The lowest BCUT2D eigenvalue weighted by Gasteiger charge is -2.34. The molecule has 1 aromatic heterocycles. The number of hydrogen-bond donors (Lipinski definition) is 1. The molecule has 3 amide bonds. The maximum Gasteiger partial charge on any atom is 0.322 e. The summed E-state index contributed by atoms with van der Waals surface area (Å²) in [6.45, 7) is 4.65. The molecule has 0 aliphatic carbocycles. The zero-order valence-corrected chi connectivity index (χ0v) is 18.1. The van der Waals surface area contributed by atoms with Crippen LogP contribution in [-0.2, 0) is 4.74 Å². The van der Waals surface area contributed by atoms with E-state index < -0.39 is 0 Å². The molecule has 1 fully saturated rings. The minimum atomic E-state index is -0.223. The Morgan fingerprint density at radius 3 is 2.42 bits per heavy atom. The predicted molar refractivity (Wildman–Crippen MR) is 116 cm³/mol. The molecule has 3 rings (SSSR count). The predicted octanol–water partition coefficient (Wildman–Crippen LogP) is 2.41. The number of anilines is 1. The van der Waals surface area contributed by atoms with E-state index in [0.29, 0.717) is 62.3 Å². The van der Waals surface area contributed by atoms with Gasteiger partial charge < -0.3 is 29.3 Å². The molecule has 0 radical (unpaired) electrons. The lowest BCUT2D eigenvalue weighted by Crippen LogP contribution is -2.51. The Morgan fingerprint density at radius 1 is 1.03 bits per heavy atom. The van der Waals surface area contributed by atoms with Crippen LogP contribution in [0.1, 0.15) is 15.9 Å². The number of carbonyl (C=O) groups excluding carboxylic acids is 2. The summed E-state index contributed by atoms with van der Waals surface area (Å²) in [5, 5.41) is 2.83. The first kappa shape index (κ1) is 22.4. The molecule has 2 aromatic rings. The van der Waals surface area contributed by atoms with Crippen molar-refractivity contribution >= 4 is 17.6 Å². The van der Waals surface area contributed by atoms with Gasteiger partial charge in [0, 0.05) is 44.9 Å². The Labute approximate surface area is 181 Å². The summed E-state index contributed by atoms with van der Waals surface area (Å²) < 4.78 is 15.6. The van der Waals surface area contributed by atoms with Crippen molar-refractivity contribution in [3.8, 4) is 11.6 Å². The molecule has 2 heterocycles. The van der Waals surface area contributed by atoms with Crippen molar-refractivity contribution in [2.75, 3.05) is 58.9 Å². The van der Waals surface area contributed by atoms with Crippen molar-refractivity contribution < 1.29 is 23.8 Å². The number of hydrogen-bond acceptors (Lipinski definition) is 6. The minimum absolute atomic E-state index is 0.0633. The number of carbonyl (C=O) groups is 2. The molecule has 1 aliphatic heterocycles. The van der Waals surface area contributed by atoms with E-state index in [0.717, 1.165) is 5.56 Å². The van der Waals surface area contributed by atoms with Crippen molar-refractivity contribution in [1.82, 2.24) is 14.8 Å². The third-order valence-electron chi connectivity index (χ3n) is 5.03. The number of rotatable bonds is 7. The van der Waals surface area contributed by atoms with Crippen molar-refractivity contribution in [1.29, 1.82) is 0 Å². The zero-order chi connectivity index (χ0) is 22.2. The average Bonchev–Trinajstić information content (AvgIpc) is 2.80. The van der Waals surface area contributed by atoms with Crippen LogP contribution < -0.4 is 14.8 Å². The molecule has 1 N–H and O–H groups in total. The number of piperazine rings is 1. The van der Waals surface area contributed by atoms with Crippen LogP contribution in [0.5, 0.6) is 11.6 Å². The topological polar surface area (TPSA) is 93.2 Å². The second-order valence-corrected chi connectivity index (χ2v) is 7.12. The van der Waals surface area contributed by atoms with Crippen LogP contribution in [-0.4, -0.2) is 80.3 Å². The number of aryl methyl sites for hydroxylation is 1. The highest BCUT2D eigenvalue weighted by Crippen LogP contribution is 2.21. The standard InChI is InChI=1S/C22H28N4O5/c1-16-4-5-17(14-19(16)30-3)21(27)25-8-10-26(11-9-25)22(28)24-18-6-7-20(23-15-18)31-13-12-29-2/h4-7,14-15H,8-13H2,1-3H3,(H,24,28). The summed E-state index contributed by atoms with van der Waals surface area (Å²) in [4.78, 5) is 32.9. The monoisotopic (exact) mass is 428 g/mol. The first-order chi connectivity index (χ1) is 15.0. The highest BCUT2D eigenvalue weighted by molar-refractivity contribution is 5.95. The fourth-order valence-electron chi connectivity index (χ4n) is 3.22. The van der Waals surface area contributed by atoms with Crippen LogP contribution >= 0.6 is 0 Å². The zero-order valence-electron chi connectivity index (χ0n) is 18.1. The van der Waals surface area contributed by atoms with Crippen molar-refractivity contribution in [3.05, 3.63) is 47.7 Å². The molecule has 9 heteroatoms. The Balaban J connectivity index is 1.50. The number of amides is 3. The number of nitrogens with one attached hydrogen (secondary N) is 1. The highest BCUT2D eigenvalue weighted by Gasteiger charge is 2.25. The van der Waals surface area contributed by atoms with Crippen molar-refractivity contribution in [2.45, 2.75) is 6.92 Å². The van der Waals surface area contributed by atoms with Gasteiger partial charge in [-0.25, -0.2) is 9.78 Å². The van der Waals surface area contributed by atoms with Gasteiger partial charge in [-0.2, -0.15) is 0 Å². The van der Waals surface area contributed by atoms with Gasteiger partial charge >= 0.3 is 6.03 Å². The van der Waals surface area contributed by atoms with Gasteiger partial charge in [0.05, 0.1) is 25.6 Å². The fraction of sp³-hybridized carbons (Fsp3) is 0.409. The highest BCUT2D eigenvalue weighted by atomic mass is 16.5. The summed E-state index contributed by atoms with van der Waals surface area (Å²) in [6, 6.07) is 8.63. The number of aromatic nitrogens is 1. The summed E-state index contributed by atoms with van der Waals surface area (Å²) in [5.74, 6) is 1.09. The molecule has 0 atom stereocenters. The largest absolute Gasteiger partial charge is 0.496 e. The second kappa shape index (κ2) is 10.6. The van der Waals surface area contributed by atoms with Crippen LogP contribution in [0.25, 0.3) is 0 Å². The molecule has 1 aromatic carbocycles. The van der Waals surface area contributed by atoms with Gasteiger partial charge in [0.25, 0.3) is 5.91 Å². The molecule has 0 bridgehead atoms. The smallest absolute Gasteiger partial charge is 0.322 e. The molecular weight excluding hydrogens is 400 g/mol. The summed E-state index contributed by atoms with van der Waals surface area (Å²) in [5.41, 5.74) is 2.14. The number of urea groups is 1. The van der Waals surface area contributed by atoms with Crippen LogP contribution in [0, 0.1) is 6.92 Å². The average molecular weight is 428 g/mol. The van der Waals surface area contributed by atoms with E-state index in [1.165, 1.54) is 0 Å². The Kier molecular flexibility index (Phi) is 7.66. The summed E-state index contributed by atoms with van der Waals surface area (Å²) >= 11 is 0. The molecule has 0 unspecified atom stereocenters. The van der Waals surface area contributed by atoms with E-state index >= 15 is 0 Å². The number of methoxy groups -OCH3 is 2. The maximum atomic E-state index is 12.8. The first-order valence-corrected chi connectivity index (χ1v) is 10.1. The van der Waals surface area contributed by atoms with Crippen molar-refractivity contribution in [3.63, 3.8) is 0 Å². The lowest BCUT2D eigenvalue weighted by atomic mass is 10.1. The molecule has 31 heavy (non-hydrogen) atoms. The van der Waals surface area contributed by atoms with Gasteiger partial charge in [0.1, 0.15) is 12.4 Å². The number of benzene rings is 1. The summed E-state index contributed by atoms with van der Waals surface area (Å²) in [6.07, 6.45) is 1.55. The minimum Gasteiger partial charge on any atom is -0.496 e. The number of ether oxygens (including phenoxy) is 3. The van der Waals surface area contributed by atoms with E-state index in [1.54, 1.807) is 54.5 Å². The van der Waals surface area contributed by atoms with Gasteiger partial charge in [-0.1, -0.05) is 6.07 Å². The molecular formula is C22H28N4O5. The Morgan fingerprint density at radius 2 is 1.77 bits per heavy atom. The molecule has 0 spiro atoms. The van der Waals surface area contributed by atoms with E-state index in [9.17, 15) is 9.59 Å².